The lowest BCUT2D eigenvalue weighted by Gasteiger charge is -2.13. The van der Waals surface area contributed by atoms with Gasteiger partial charge in [0.2, 0.25) is 10.0 Å². The fraction of sp³-hybridized carbons (Fsp3) is 0.160. The molecule has 3 aromatic rings. The Morgan fingerprint density at radius 3 is 2.13 bits per heavy atom. The number of carbonyl (C=O) groups is 1. The SMILES string of the molecule is Cc1ccc(S(=O)(=O)NC/C=C/C(CC(=O)c2ccccc2)c2ccccc2)cc1. The monoisotopic (exact) mass is 419 g/mol. The Morgan fingerprint density at radius 1 is 0.900 bits per heavy atom. The molecule has 0 fully saturated rings. The smallest absolute Gasteiger partial charge is 0.240 e. The lowest BCUT2D eigenvalue weighted by molar-refractivity contribution is 0.0978. The summed E-state index contributed by atoms with van der Waals surface area (Å²) in [7, 11) is -3.57. The number of sulfonamides is 1. The van der Waals surface area contributed by atoms with Crippen molar-refractivity contribution in [2.45, 2.75) is 24.2 Å². The molecule has 3 rings (SSSR count). The van der Waals surface area contributed by atoms with Crippen LogP contribution in [0.2, 0.25) is 0 Å². The van der Waals surface area contributed by atoms with Crippen molar-refractivity contribution in [3.63, 3.8) is 0 Å². The molecular weight excluding hydrogens is 394 g/mol. The van der Waals surface area contributed by atoms with Crippen LogP contribution in [0, 0.1) is 6.92 Å². The maximum atomic E-state index is 12.7. The van der Waals surface area contributed by atoms with Gasteiger partial charge in [0.05, 0.1) is 4.90 Å². The number of allylic oxidation sites excluding steroid dienone is 1. The van der Waals surface area contributed by atoms with E-state index in [4.69, 9.17) is 0 Å². The third-order valence-electron chi connectivity index (χ3n) is 4.82. The molecule has 0 aliphatic rings. The maximum absolute atomic E-state index is 12.7. The van der Waals surface area contributed by atoms with Gasteiger partial charge in [-0.25, -0.2) is 13.1 Å². The van der Waals surface area contributed by atoms with Crippen LogP contribution in [0.15, 0.2) is 102 Å². The largest absolute Gasteiger partial charge is 0.294 e. The van der Waals surface area contributed by atoms with Crippen LogP contribution in [0.3, 0.4) is 0 Å². The van der Waals surface area contributed by atoms with E-state index in [-0.39, 0.29) is 23.1 Å². The Kier molecular flexibility index (Phi) is 7.33. The Bertz CT molecular complexity index is 1090. The molecule has 0 aliphatic heterocycles. The topological polar surface area (TPSA) is 63.2 Å². The number of benzene rings is 3. The van der Waals surface area contributed by atoms with Crippen molar-refractivity contribution >= 4 is 15.8 Å². The van der Waals surface area contributed by atoms with Gasteiger partial charge in [0.1, 0.15) is 0 Å². The van der Waals surface area contributed by atoms with Gasteiger partial charge in [-0.3, -0.25) is 4.79 Å². The first-order valence-corrected chi connectivity index (χ1v) is 11.3. The van der Waals surface area contributed by atoms with Gasteiger partial charge in [-0.2, -0.15) is 0 Å². The van der Waals surface area contributed by atoms with Crippen molar-refractivity contribution < 1.29 is 13.2 Å². The van der Waals surface area contributed by atoms with Crippen molar-refractivity contribution in [3.8, 4) is 0 Å². The lowest BCUT2D eigenvalue weighted by atomic mass is 9.91. The van der Waals surface area contributed by atoms with E-state index in [1.165, 1.54) is 0 Å². The third-order valence-corrected chi connectivity index (χ3v) is 6.26. The van der Waals surface area contributed by atoms with E-state index in [1.54, 1.807) is 30.3 Å². The van der Waals surface area contributed by atoms with Crippen LogP contribution in [0.1, 0.15) is 33.8 Å². The zero-order chi connectivity index (χ0) is 21.4. The highest BCUT2D eigenvalue weighted by Crippen LogP contribution is 2.23. The molecule has 5 heteroatoms. The second-order valence-corrected chi connectivity index (χ2v) is 8.87. The van der Waals surface area contributed by atoms with E-state index in [2.05, 4.69) is 4.72 Å². The second kappa shape index (κ2) is 10.1. The van der Waals surface area contributed by atoms with E-state index in [0.29, 0.717) is 12.0 Å². The van der Waals surface area contributed by atoms with Crippen molar-refractivity contribution in [2.75, 3.05) is 6.54 Å². The average molecular weight is 420 g/mol. The fourth-order valence-corrected chi connectivity index (χ4v) is 4.11. The molecule has 0 amide bonds. The molecule has 154 valence electrons. The molecule has 0 bridgehead atoms. The molecule has 0 aromatic heterocycles. The number of Topliss-reactive ketones (excluding diaryl/α,β-unsaturated/α-hetero) is 1. The van der Waals surface area contributed by atoms with Gasteiger partial charge in [-0.15, -0.1) is 0 Å². The average Bonchev–Trinajstić information content (AvgIpc) is 2.77. The minimum absolute atomic E-state index is 0.0503. The molecule has 1 unspecified atom stereocenters. The molecule has 1 atom stereocenters. The zero-order valence-corrected chi connectivity index (χ0v) is 17.7. The molecule has 3 aromatic carbocycles. The van der Waals surface area contributed by atoms with Gasteiger partial charge in [0.15, 0.2) is 5.78 Å². The van der Waals surface area contributed by atoms with Gasteiger partial charge in [0, 0.05) is 24.4 Å². The highest BCUT2D eigenvalue weighted by molar-refractivity contribution is 7.89. The number of aryl methyl sites for hydroxylation is 1. The number of hydrogen-bond donors (Lipinski definition) is 1. The number of nitrogens with one attached hydrogen (secondary N) is 1. The summed E-state index contributed by atoms with van der Waals surface area (Å²) in [4.78, 5) is 12.9. The molecule has 4 nitrogen and oxygen atoms in total. The summed E-state index contributed by atoms with van der Waals surface area (Å²) in [5.41, 5.74) is 2.69. The summed E-state index contributed by atoms with van der Waals surface area (Å²) >= 11 is 0. The van der Waals surface area contributed by atoms with Crippen molar-refractivity contribution in [3.05, 3.63) is 114 Å². The van der Waals surface area contributed by atoms with Gasteiger partial charge < -0.3 is 0 Å². The quantitative estimate of drug-likeness (QED) is 0.397. The molecule has 0 heterocycles. The first-order valence-electron chi connectivity index (χ1n) is 9.82. The molecule has 0 radical (unpaired) electrons. The number of ketones is 1. The summed E-state index contributed by atoms with van der Waals surface area (Å²) in [6, 6.07) is 25.7. The fourth-order valence-electron chi connectivity index (χ4n) is 3.13. The summed E-state index contributed by atoms with van der Waals surface area (Å²) in [5.74, 6) is -0.0860. The van der Waals surface area contributed by atoms with E-state index in [0.717, 1.165) is 11.1 Å². The molecule has 30 heavy (non-hydrogen) atoms. The van der Waals surface area contributed by atoms with Crippen LogP contribution in [0.25, 0.3) is 0 Å². The molecule has 0 aliphatic carbocycles. The van der Waals surface area contributed by atoms with Crippen LogP contribution in [-0.2, 0) is 10.0 Å². The summed E-state index contributed by atoms with van der Waals surface area (Å²) in [6.07, 6.45) is 3.98. The summed E-state index contributed by atoms with van der Waals surface area (Å²) < 4.78 is 27.4. The van der Waals surface area contributed by atoms with Crippen LogP contribution in [0.4, 0.5) is 0 Å². The molecular formula is C25H25NO3S. The highest BCUT2D eigenvalue weighted by Gasteiger charge is 2.15. The minimum Gasteiger partial charge on any atom is -0.294 e. The summed E-state index contributed by atoms with van der Waals surface area (Å²) in [5, 5.41) is 0. The van der Waals surface area contributed by atoms with Gasteiger partial charge in [-0.05, 0) is 24.6 Å². The van der Waals surface area contributed by atoms with E-state index < -0.39 is 10.0 Å². The third kappa shape index (κ3) is 5.99. The van der Waals surface area contributed by atoms with Gasteiger partial charge >= 0.3 is 0 Å². The first-order chi connectivity index (χ1) is 14.5. The van der Waals surface area contributed by atoms with Crippen LogP contribution in [-0.4, -0.2) is 20.7 Å². The Labute approximate surface area is 178 Å². The van der Waals surface area contributed by atoms with E-state index >= 15 is 0 Å². The second-order valence-electron chi connectivity index (χ2n) is 7.10. The number of rotatable bonds is 9. The molecule has 0 spiro atoms. The number of carbonyl (C=O) groups excluding carboxylic acids is 1. The van der Waals surface area contributed by atoms with Crippen molar-refractivity contribution in [1.82, 2.24) is 4.72 Å². The Morgan fingerprint density at radius 2 is 1.50 bits per heavy atom. The lowest BCUT2D eigenvalue weighted by Crippen LogP contribution is -2.23. The predicted octanol–water partition coefficient (Wildman–Crippen LogP) is 4.89. The van der Waals surface area contributed by atoms with Crippen LogP contribution in [0.5, 0.6) is 0 Å². The zero-order valence-electron chi connectivity index (χ0n) is 16.9. The Balaban J connectivity index is 1.69. The maximum Gasteiger partial charge on any atom is 0.240 e. The van der Waals surface area contributed by atoms with Gasteiger partial charge in [0.25, 0.3) is 0 Å². The van der Waals surface area contributed by atoms with Crippen molar-refractivity contribution in [1.29, 1.82) is 0 Å². The molecule has 0 saturated heterocycles. The highest BCUT2D eigenvalue weighted by atomic mass is 32.2. The Hall–Kier alpha value is -3.02. The normalized spacial score (nSPS) is 12.7. The minimum atomic E-state index is -3.57. The standard InChI is InChI=1S/C25H25NO3S/c1-20-14-16-24(17-15-20)30(28,29)26-18-8-13-23(21-9-4-2-5-10-21)19-25(27)22-11-6-3-7-12-22/h2-17,23,26H,18-19H2,1H3/b13-8+. The van der Waals surface area contributed by atoms with Crippen LogP contribution >= 0.6 is 0 Å². The molecule has 1 N–H and O–H groups in total. The van der Waals surface area contributed by atoms with Crippen LogP contribution < -0.4 is 4.72 Å². The number of hydrogen-bond acceptors (Lipinski definition) is 3. The van der Waals surface area contributed by atoms with Gasteiger partial charge in [-0.1, -0.05) is 90.5 Å². The predicted molar refractivity (Wildman–Crippen MR) is 120 cm³/mol. The van der Waals surface area contributed by atoms with Crippen molar-refractivity contribution in [2.24, 2.45) is 0 Å². The molecule has 0 saturated carbocycles. The van der Waals surface area contributed by atoms with E-state index in [1.807, 2.05) is 73.7 Å². The van der Waals surface area contributed by atoms with E-state index in [9.17, 15) is 13.2 Å². The summed E-state index contributed by atoms with van der Waals surface area (Å²) in [6.45, 7) is 2.06. The first kappa shape index (κ1) is 21.7.